The van der Waals surface area contributed by atoms with Gasteiger partial charge in [0.2, 0.25) is 0 Å². The molecule has 3 heteroatoms. The second-order valence-electron chi connectivity index (χ2n) is 4.95. The monoisotopic (exact) mass is 269 g/mol. The van der Waals surface area contributed by atoms with Gasteiger partial charge in [0.05, 0.1) is 6.61 Å². The number of ether oxygens (including phenoxy) is 1. The molecule has 1 unspecified atom stereocenters. The van der Waals surface area contributed by atoms with Crippen molar-refractivity contribution in [2.75, 3.05) is 13.2 Å². The molecule has 0 bridgehead atoms. The van der Waals surface area contributed by atoms with Gasteiger partial charge in [0.1, 0.15) is 0 Å². The number of nitrogens with one attached hydrogen (secondary N) is 1. The van der Waals surface area contributed by atoms with Gasteiger partial charge in [-0.3, -0.25) is 0 Å². The Hall–Kier alpha value is -0.380. The van der Waals surface area contributed by atoms with Crippen LogP contribution in [0.4, 0.5) is 0 Å². The maximum Gasteiger partial charge on any atom is 0.0809 e. The lowest BCUT2D eigenvalue weighted by molar-refractivity contribution is 0.0911. The van der Waals surface area contributed by atoms with E-state index in [1.165, 1.54) is 29.0 Å². The third-order valence-corrected chi connectivity index (χ3v) is 3.93. The summed E-state index contributed by atoms with van der Waals surface area (Å²) in [6, 6.07) is 4.40. The first kappa shape index (κ1) is 15.7. The zero-order valence-corrected chi connectivity index (χ0v) is 12.8. The van der Waals surface area contributed by atoms with Crippen LogP contribution >= 0.6 is 11.3 Å². The lowest BCUT2D eigenvalue weighted by Crippen LogP contribution is -2.12. The number of thiophene rings is 1. The Morgan fingerprint density at radius 3 is 2.72 bits per heavy atom. The molecule has 104 valence electrons. The number of rotatable bonds is 10. The van der Waals surface area contributed by atoms with E-state index in [9.17, 15) is 0 Å². The highest BCUT2D eigenvalue weighted by molar-refractivity contribution is 7.11. The fourth-order valence-corrected chi connectivity index (χ4v) is 2.85. The van der Waals surface area contributed by atoms with Gasteiger partial charge in [-0.05, 0) is 37.4 Å². The summed E-state index contributed by atoms with van der Waals surface area (Å²) in [5.74, 6) is 0.681. The maximum absolute atomic E-state index is 5.76. The van der Waals surface area contributed by atoms with Crippen molar-refractivity contribution in [3.8, 4) is 0 Å². The molecule has 1 N–H and O–H groups in total. The number of hydrogen-bond acceptors (Lipinski definition) is 3. The molecule has 1 aromatic rings. The predicted molar refractivity (Wildman–Crippen MR) is 80.0 cm³/mol. The molecule has 0 amide bonds. The van der Waals surface area contributed by atoms with Gasteiger partial charge in [0.15, 0.2) is 0 Å². The largest absolute Gasteiger partial charge is 0.376 e. The van der Waals surface area contributed by atoms with Crippen molar-refractivity contribution in [2.24, 2.45) is 5.92 Å². The van der Waals surface area contributed by atoms with Crippen molar-refractivity contribution in [1.29, 1.82) is 0 Å². The zero-order valence-electron chi connectivity index (χ0n) is 12.0. The van der Waals surface area contributed by atoms with Gasteiger partial charge in [0, 0.05) is 22.9 Å². The zero-order chi connectivity index (χ0) is 13.2. The van der Waals surface area contributed by atoms with Crippen LogP contribution in [0.3, 0.4) is 0 Å². The van der Waals surface area contributed by atoms with Gasteiger partial charge >= 0.3 is 0 Å². The minimum Gasteiger partial charge on any atom is -0.376 e. The molecule has 0 aliphatic carbocycles. The van der Waals surface area contributed by atoms with E-state index in [1.807, 2.05) is 11.3 Å². The second-order valence-corrected chi connectivity index (χ2v) is 6.21. The van der Waals surface area contributed by atoms with Crippen LogP contribution in [-0.4, -0.2) is 13.2 Å². The van der Waals surface area contributed by atoms with Crippen molar-refractivity contribution >= 4 is 11.3 Å². The Morgan fingerprint density at radius 1 is 1.22 bits per heavy atom. The highest BCUT2D eigenvalue weighted by atomic mass is 32.1. The third kappa shape index (κ3) is 6.53. The van der Waals surface area contributed by atoms with E-state index >= 15 is 0 Å². The van der Waals surface area contributed by atoms with Crippen molar-refractivity contribution in [1.82, 2.24) is 5.32 Å². The van der Waals surface area contributed by atoms with Gasteiger partial charge in [-0.1, -0.05) is 27.2 Å². The van der Waals surface area contributed by atoms with Crippen LogP contribution in [0.15, 0.2) is 12.1 Å². The van der Waals surface area contributed by atoms with Crippen molar-refractivity contribution in [3.63, 3.8) is 0 Å². The summed E-state index contributed by atoms with van der Waals surface area (Å²) in [7, 11) is 0. The summed E-state index contributed by atoms with van der Waals surface area (Å²) in [6.45, 7) is 10.4. The molecule has 0 aliphatic rings. The van der Waals surface area contributed by atoms with Gasteiger partial charge in [-0.25, -0.2) is 0 Å². The molecule has 0 saturated carbocycles. The van der Waals surface area contributed by atoms with Crippen LogP contribution in [0.1, 0.15) is 49.8 Å². The molecule has 0 fully saturated rings. The fourth-order valence-electron chi connectivity index (χ4n) is 1.92. The van der Waals surface area contributed by atoms with E-state index in [0.29, 0.717) is 5.92 Å². The Labute approximate surface area is 116 Å². The SMILES string of the molecule is CCCNCc1ccc(COCC(C)CCC)s1. The first-order valence-corrected chi connectivity index (χ1v) is 7.94. The molecule has 0 aromatic carbocycles. The number of hydrogen-bond donors (Lipinski definition) is 1. The maximum atomic E-state index is 5.76. The van der Waals surface area contributed by atoms with Gasteiger partial charge in [-0.15, -0.1) is 11.3 Å². The second kappa shape index (κ2) is 9.54. The van der Waals surface area contributed by atoms with Crippen LogP contribution in [-0.2, 0) is 17.9 Å². The highest BCUT2D eigenvalue weighted by Gasteiger charge is 2.03. The van der Waals surface area contributed by atoms with Gasteiger partial charge < -0.3 is 10.1 Å². The minimum atomic E-state index is 0.681. The van der Waals surface area contributed by atoms with E-state index in [4.69, 9.17) is 4.74 Å². The standard InChI is InChI=1S/C15H27NOS/c1-4-6-13(3)11-17-12-15-8-7-14(18-15)10-16-9-5-2/h7-8,13,16H,4-6,9-12H2,1-3H3. The van der Waals surface area contributed by atoms with E-state index in [-0.39, 0.29) is 0 Å². The summed E-state index contributed by atoms with van der Waals surface area (Å²) in [5.41, 5.74) is 0. The quantitative estimate of drug-likeness (QED) is 0.643. The van der Waals surface area contributed by atoms with E-state index in [0.717, 1.165) is 26.3 Å². The molecule has 0 radical (unpaired) electrons. The summed E-state index contributed by atoms with van der Waals surface area (Å²) in [6.07, 6.45) is 3.70. The van der Waals surface area contributed by atoms with Crippen molar-refractivity contribution in [3.05, 3.63) is 21.9 Å². The molecule has 0 saturated heterocycles. The van der Waals surface area contributed by atoms with E-state index < -0.39 is 0 Å². The molecule has 0 spiro atoms. The topological polar surface area (TPSA) is 21.3 Å². The molecule has 2 nitrogen and oxygen atoms in total. The third-order valence-electron chi connectivity index (χ3n) is 2.87. The van der Waals surface area contributed by atoms with Crippen LogP contribution in [0.2, 0.25) is 0 Å². The molecular weight excluding hydrogens is 242 g/mol. The molecule has 1 atom stereocenters. The Bertz CT molecular complexity index is 311. The predicted octanol–water partition coefficient (Wildman–Crippen LogP) is 4.20. The van der Waals surface area contributed by atoms with Crippen molar-refractivity contribution in [2.45, 2.75) is 53.2 Å². The van der Waals surface area contributed by atoms with E-state index in [2.05, 4.69) is 38.2 Å². The van der Waals surface area contributed by atoms with Gasteiger partial charge in [-0.2, -0.15) is 0 Å². The first-order valence-electron chi connectivity index (χ1n) is 7.12. The smallest absolute Gasteiger partial charge is 0.0809 e. The lowest BCUT2D eigenvalue weighted by Gasteiger charge is -2.09. The van der Waals surface area contributed by atoms with E-state index in [1.54, 1.807) is 0 Å². The first-order chi connectivity index (χ1) is 8.76. The van der Waals surface area contributed by atoms with Crippen molar-refractivity contribution < 1.29 is 4.74 Å². The van der Waals surface area contributed by atoms with Crippen LogP contribution in [0.25, 0.3) is 0 Å². The lowest BCUT2D eigenvalue weighted by atomic mass is 10.1. The Kier molecular flexibility index (Phi) is 8.31. The van der Waals surface area contributed by atoms with Crippen LogP contribution < -0.4 is 5.32 Å². The summed E-state index contributed by atoms with van der Waals surface area (Å²) >= 11 is 1.86. The fraction of sp³-hybridized carbons (Fsp3) is 0.733. The molecule has 1 rings (SSSR count). The van der Waals surface area contributed by atoms with Gasteiger partial charge in [0.25, 0.3) is 0 Å². The average molecular weight is 269 g/mol. The summed E-state index contributed by atoms with van der Waals surface area (Å²) in [4.78, 5) is 2.75. The normalized spacial score (nSPS) is 12.8. The molecular formula is C15H27NOS. The van der Waals surface area contributed by atoms with Crippen LogP contribution in [0, 0.1) is 5.92 Å². The summed E-state index contributed by atoms with van der Waals surface area (Å²) < 4.78 is 5.76. The average Bonchev–Trinajstić information content (AvgIpc) is 2.78. The minimum absolute atomic E-state index is 0.681. The molecule has 0 aliphatic heterocycles. The van der Waals surface area contributed by atoms with Crippen LogP contribution in [0.5, 0.6) is 0 Å². The Balaban J connectivity index is 2.18. The highest BCUT2D eigenvalue weighted by Crippen LogP contribution is 2.18. The summed E-state index contributed by atoms with van der Waals surface area (Å²) in [5, 5.41) is 3.43. The molecule has 1 heterocycles. The molecule has 18 heavy (non-hydrogen) atoms. The Morgan fingerprint density at radius 2 is 2.00 bits per heavy atom. The molecule has 1 aromatic heterocycles.